The van der Waals surface area contributed by atoms with Crippen molar-refractivity contribution in [2.45, 2.75) is 19.8 Å². The Bertz CT molecular complexity index is 269. The van der Waals surface area contributed by atoms with Gasteiger partial charge in [0.15, 0.2) is 0 Å². The first-order chi connectivity index (χ1) is 8.15. The number of rotatable bonds is 3. The largest absolute Gasteiger partial charge is 0.355 e. The van der Waals surface area contributed by atoms with Gasteiger partial charge in [-0.15, -0.1) is 0 Å². The minimum atomic E-state index is 0.179. The molecule has 98 valence electrons. The highest BCUT2D eigenvalue weighted by Crippen LogP contribution is 2.17. The van der Waals surface area contributed by atoms with Gasteiger partial charge in [0, 0.05) is 19.6 Å². The summed E-state index contributed by atoms with van der Waals surface area (Å²) in [6.45, 7) is 7.26. The minimum absolute atomic E-state index is 0.179. The molecular formula is C13H25N3O. The zero-order valence-electron chi connectivity index (χ0n) is 11.0. The predicted octanol–water partition coefficient (Wildman–Crippen LogP) is 0.300. The molecule has 4 heteroatoms. The molecule has 0 spiro atoms. The van der Waals surface area contributed by atoms with Gasteiger partial charge < -0.3 is 15.5 Å². The average Bonchev–Trinajstić information content (AvgIpc) is 2.72. The van der Waals surface area contributed by atoms with E-state index < -0.39 is 0 Å². The number of carbonyl (C=O) groups is 1. The van der Waals surface area contributed by atoms with E-state index in [1.807, 2.05) is 0 Å². The fourth-order valence-corrected chi connectivity index (χ4v) is 2.94. The summed E-state index contributed by atoms with van der Waals surface area (Å²) in [7, 11) is 2.15. The number of nitrogens with one attached hydrogen (secondary N) is 2. The molecule has 1 amide bonds. The third-order valence-electron chi connectivity index (χ3n) is 4.00. The van der Waals surface area contributed by atoms with Crippen molar-refractivity contribution in [1.82, 2.24) is 15.5 Å². The number of likely N-dealkylation sites (tertiary alicyclic amines) is 1. The molecule has 0 saturated carbocycles. The molecule has 0 aromatic heterocycles. The van der Waals surface area contributed by atoms with Crippen molar-refractivity contribution in [3.8, 4) is 0 Å². The standard InChI is InChI=1S/C13H25N3O/c1-10-5-12(8-14-6-10)13(17)15-7-11-3-4-16(2)9-11/h10-12,14H,3-9H2,1-2H3,(H,15,17). The summed E-state index contributed by atoms with van der Waals surface area (Å²) in [5, 5.41) is 6.46. The Morgan fingerprint density at radius 2 is 2.29 bits per heavy atom. The lowest BCUT2D eigenvalue weighted by molar-refractivity contribution is -0.126. The maximum Gasteiger partial charge on any atom is 0.224 e. The summed E-state index contributed by atoms with van der Waals surface area (Å²) in [4.78, 5) is 14.4. The van der Waals surface area contributed by atoms with Crippen LogP contribution in [0.25, 0.3) is 0 Å². The Morgan fingerprint density at radius 1 is 1.47 bits per heavy atom. The molecule has 2 fully saturated rings. The third-order valence-corrected chi connectivity index (χ3v) is 4.00. The van der Waals surface area contributed by atoms with E-state index in [0.29, 0.717) is 11.8 Å². The number of amides is 1. The number of carbonyl (C=O) groups excluding carboxylic acids is 1. The Labute approximate surface area is 104 Å². The Kier molecular flexibility index (Phi) is 4.40. The van der Waals surface area contributed by atoms with Crippen molar-refractivity contribution in [2.75, 3.05) is 39.8 Å². The molecule has 2 aliphatic rings. The van der Waals surface area contributed by atoms with Gasteiger partial charge in [0.2, 0.25) is 5.91 Å². The van der Waals surface area contributed by atoms with E-state index in [-0.39, 0.29) is 11.8 Å². The molecule has 2 aliphatic heterocycles. The summed E-state index contributed by atoms with van der Waals surface area (Å²) >= 11 is 0. The van der Waals surface area contributed by atoms with Gasteiger partial charge >= 0.3 is 0 Å². The van der Waals surface area contributed by atoms with Crippen molar-refractivity contribution >= 4 is 5.91 Å². The molecule has 0 radical (unpaired) electrons. The van der Waals surface area contributed by atoms with Gasteiger partial charge in [-0.05, 0) is 44.8 Å². The topological polar surface area (TPSA) is 44.4 Å². The lowest BCUT2D eigenvalue weighted by atomic mass is 9.91. The van der Waals surface area contributed by atoms with Gasteiger partial charge in [-0.3, -0.25) is 4.79 Å². The Balaban J connectivity index is 1.69. The maximum absolute atomic E-state index is 12.0. The van der Waals surface area contributed by atoms with E-state index in [1.165, 1.54) is 13.0 Å². The van der Waals surface area contributed by atoms with E-state index in [4.69, 9.17) is 0 Å². The van der Waals surface area contributed by atoms with Gasteiger partial charge in [0.25, 0.3) is 0 Å². The van der Waals surface area contributed by atoms with Crippen LogP contribution in [-0.4, -0.2) is 50.6 Å². The molecule has 2 rings (SSSR count). The fraction of sp³-hybridized carbons (Fsp3) is 0.923. The highest BCUT2D eigenvalue weighted by atomic mass is 16.1. The first-order valence-corrected chi connectivity index (χ1v) is 6.82. The molecule has 2 N–H and O–H groups in total. The van der Waals surface area contributed by atoms with Gasteiger partial charge in [-0.25, -0.2) is 0 Å². The zero-order valence-corrected chi connectivity index (χ0v) is 11.0. The van der Waals surface area contributed by atoms with Crippen LogP contribution < -0.4 is 10.6 Å². The third kappa shape index (κ3) is 3.68. The van der Waals surface area contributed by atoms with Crippen LogP contribution in [0.5, 0.6) is 0 Å². The van der Waals surface area contributed by atoms with E-state index >= 15 is 0 Å². The predicted molar refractivity (Wildman–Crippen MR) is 68.8 cm³/mol. The highest BCUT2D eigenvalue weighted by Gasteiger charge is 2.26. The molecule has 3 unspecified atom stereocenters. The smallest absolute Gasteiger partial charge is 0.224 e. The van der Waals surface area contributed by atoms with Crippen LogP contribution in [0.15, 0.2) is 0 Å². The minimum Gasteiger partial charge on any atom is -0.355 e. The normalized spacial score (nSPS) is 34.8. The number of nitrogens with zero attached hydrogens (tertiary/aromatic N) is 1. The van der Waals surface area contributed by atoms with Crippen LogP contribution in [0, 0.1) is 17.8 Å². The summed E-state index contributed by atoms with van der Waals surface area (Å²) in [5.74, 6) is 1.70. The summed E-state index contributed by atoms with van der Waals surface area (Å²) in [6, 6.07) is 0. The van der Waals surface area contributed by atoms with Crippen molar-refractivity contribution in [1.29, 1.82) is 0 Å². The quantitative estimate of drug-likeness (QED) is 0.744. The molecule has 4 nitrogen and oxygen atoms in total. The second-order valence-corrected chi connectivity index (χ2v) is 5.86. The highest BCUT2D eigenvalue weighted by molar-refractivity contribution is 5.79. The van der Waals surface area contributed by atoms with E-state index in [0.717, 1.165) is 32.6 Å². The summed E-state index contributed by atoms with van der Waals surface area (Å²) in [6.07, 6.45) is 2.25. The lowest BCUT2D eigenvalue weighted by Gasteiger charge is -2.27. The lowest BCUT2D eigenvalue weighted by Crippen LogP contribution is -2.44. The van der Waals surface area contributed by atoms with Gasteiger partial charge in [-0.2, -0.15) is 0 Å². The molecule has 0 aromatic rings. The van der Waals surface area contributed by atoms with Crippen LogP contribution >= 0.6 is 0 Å². The van der Waals surface area contributed by atoms with Gasteiger partial charge in [0.1, 0.15) is 0 Å². The second kappa shape index (κ2) is 5.83. The SMILES string of the molecule is CC1CNCC(C(=O)NCC2CCN(C)C2)C1. The van der Waals surface area contributed by atoms with E-state index in [9.17, 15) is 4.79 Å². The van der Waals surface area contributed by atoms with Crippen LogP contribution in [0.1, 0.15) is 19.8 Å². The van der Waals surface area contributed by atoms with E-state index in [1.54, 1.807) is 0 Å². The Hall–Kier alpha value is -0.610. The van der Waals surface area contributed by atoms with Gasteiger partial charge in [-0.1, -0.05) is 6.92 Å². The fourth-order valence-electron chi connectivity index (χ4n) is 2.94. The zero-order chi connectivity index (χ0) is 12.3. The van der Waals surface area contributed by atoms with Crippen LogP contribution in [0.3, 0.4) is 0 Å². The van der Waals surface area contributed by atoms with Crippen LogP contribution in [0.4, 0.5) is 0 Å². The van der Waals surface area contributed by atoms with Crippen molar-refractivity contribution in [2.24, 2.45) is 17.8 Å². The maximum atomic E-state index is 12.0. The summed E-state index contributed by atoms with van der Waals surface area (Å²) < 4.78 is 0. The van der Waals surface area contributed by atoms with Crippen LogP contribution in [-0.2, 0) is 4.79 Å². The molecule has 0 aliphatic carbocycles. The number of hydrogen-bond acceptors (Lipinski definition) is 3. The van der Waals surface area contributed by atoms with Gasteiger partial charge in [0.05, 0.1) is 5.92 Å². The summed E-state index contributed by atoms with van der Waals surface area (Å²) in [5.41, 5.74) is 0. The van der Waals surface area contributed by atoms with Crippen molar-refractivity contribution < 1.29 is 4.79 Å². The molecular weight excluding hydrogens is 214 g/mol. The molecule has 17 heavy (non-hydrogen) atoms. The molecule has 3 atom stereocenters. The average molecular weight is 239 g/mol. The number of piperidine rings is 1. The molecule has 0 aromatic carbocycles. The van der Waals surface area contributed by atoms with Crippen molar-refractivity contribution in [3.63, 3.8) is 0 Å². The number of hydrogen-bond donors (Lipinski definition) is 2. The monoisotopic (exact) mass is 239 g/mol. The molecule has 2 heterocycles. The second-order valence-electron chi connectivity index (χ2n) is 5.86. The van der Waals surface area contributed by atoms with E-state index in [2.05, 4.69) is 29.5 Å². The first-order valence-electron chi connectivity index (χ1n) is 6.82. The Morgan fingerprint density at radius 3 is 2.94 bits per heavy atom. The first kappa shape index (κ1) is 12.8. The molecule has 0 bridgehead atoms. The van der Waals surface area contributed by atoms with Crippen molar-refractivity contribution in [3.05, 3.63) is 0 Å². The van der Waals surface area contributed by atoms with Crippen LogP contribution in [0.2, 0.25) is 0 Å². The molecule has 2 saturated heterocycles.